The number of ether oxygens (including phenoxy) is 2. The molecule has 2 amide bonds. The first-order valence-electron chi connectivity index (χ1n) is 10.5. The first-order chi connectivity index (χ1) is 15.0. The van der Waals surface area contributed by atoms with Crippen molar-refractivity contribution in [2.75, 3.05) is 25.2 Å². The molecule has 1 atom stereocenters. The lowest BCUT2D eigenvalue weighted by atomic mass is 10.1. The first kappa shape index (κ1) is 22.5. The maximum absolute atomic E-state index is 12.8. The molecule has 1 saturated heterocycles. The maximum atomic E-state index is 12.8. The number of esters is 1. The van der Waals surface area contributed by atoms with Crippen LogP contribution in [0.25, 0.3) is 0 Å². The van der Waals surface area contributed by atoms with Gasteiger partial charge in [-0.05, 0) is 61.3 Å². The van der Waals surface area contributed by atoms with Crippen LogP contribution in [0, 0.1) is 0 Å². The zero-order valence-corrected chi connectivity index (χ0v) is 17.9. The largest absolute Gasteiger partial charge is 0.497 e. The molecule has 2 aromatic rings. The summed E-state index contributed by atoms with van der Waals surface area (Å²) in [5.74, 6) is -0.149. The van der Waals surface area contributed by atoms with E-state index in [0.29, 0.717) is 24.4 Å². The van der Waals surface area contributed by atoms with E-state index >= 15 is 0 Å². The summed E-state index contributed by atoms with van der Waals surface area (Å²) in [5.41, 5.74) is 1.97. The Morgan fingerprint density at radius 2 is 1.81 bits per heavy atom. The second-order valence-electron chi connectivity index (χ2n) is 7.41. The summed E-state index contributed by atoms with van der Waals surface area (Å²) in [6.07, 6.45) is 2.60. The Labute approximate surface area is 182 Å². The average Bonchev–Trinajstić information content (AvgIpc) is 3.07. The van der Waals surface area contributed by atoms with E-state index < -0.39 is 12.0 Å². The standard InChI is InChI=1S/C24H28N2O5/c1-3-4-15-31-24(29)18-7-9-19(10-8-18)26-22(27)16-21(23(26)28)25-14-13-17-5-11-20(30-2)12-6-17/h5-12,21,25H,3-4,13-16H2,1-2H3. The molecule has 3 rings (SSSR count). The lowest BCUT2D eigenvalue weighted by Crippen LogP contribution is -2.39. The molecular weight excluding hydrogens is 396 g/mol. The summed E-state index contributed by atoms with van der Waals surface area (Å²) in [6, 6.07) is 13.5. The van der Waals surface area contributed by atoms with Gasteiger partial charge in [0.05, 0.1) is 37.4 Å². The molecular formula is C24H28N2O5. The Morgan fingerprint density at radius 3 is 2.45 bits per heavy atom. The summed E-state index contributed by atoms with van der Waals surface area (Å²) in [7, 11) is 1.62. The van der Waals surface area contributed by atoms with Crippen molar-refractivity contribution >= 4 is 23.5 Å². The number of carbonyl (C=O) groups excluding carboxylic acids is 3. The Kier molecular flexibility index (Phi) is 7.78. The van der Waals surface area contributed by atoms with Crippen molar-refractivity contribution in [2.24, 2.45) is 0 Å². The van der Waals surface area contributed by atoms with Gasteiger partial charge in [-0.15, -0.1) is 0 Å². The highest BCUT2D eigenvalue weighted by molar-refractivity contribution is 6.22. The summed E-state index contributed by atoms with van der Waals surface area (Å²) in [4.78, 5) is 38.4. The Morgan fingerprint density at radius 1 is 1.10 bits per heavy atom. The normalized spacial score (nSPS) is 15.9. The molecule has 0 aromatic heterocycles. The molecule has 0 bridgehead atoms. The zero-order valence-electron chi connectivity index (χ0n) is 17.9. The minimum atomic E-state index is -0.551. The molecule has 1 unspecified atom stereocenters. The molecule has 2 aromatic carbocycles. The molecule has 0 spiro atoms. The molecule has 31 heavy (non-hydrogen) atoms. The minimum absolute atomic E-state index is 0.113. The number of imide groups is 1. The van der Waals surface area contributed by atoms with Gasteiger partial charge in [-0.2, -0.15) is 0 Å². The van der Waals surface area contributed by atoms with Crippen molar-refractivity contribution < 1.29 is 23.9 Å². The fourth-order valence-corrected chi connectivity index (χ4v) is 3.38. The monoisotopic (exact) mass is 424 g/mol. The van der Waals surface area contributed by atoms with Crippen molar-refractivity contribution in [3.05, 3.63) is 59.7 Å². The van der Waals surface area contributed by atoms with Crippen molar-refractivity contribution in [3.8, 4) is 5.75 Å². The molecule has 0 aliphatic carbocycles. The van der Waals surface area contributed by atoms with Crippen LogP contribution in [-0.2, 0) is 20.7 Å². The number of rotatable bonds is 10. The van der Waals surface area contributed by atoms with Crippen molar-refractivity contribution in [3.63, 3.8) is 0 Å². The number of nitrogens with one attached hydrogen (secondary N) is 1. The molecule has 1 fully saturated rings. The van der Waals surface area contributed by atoms with Gasteiger partial charge in [0.25, 0.3) is 5.91 Å². The third-order valence-electron chi connectivity index (χ3n) is 5.20. The molecule has 0 saturated carbocycles. The number of anilines is 1. The maximum Gasteiger partial charge on any atom is 0.338 e. The van der Waals surface area contributed by atoms with Gasteiger partial charge in [-0.1, -0.05) is 25.5 Å². The third-order valence-corrected chi connectivity index (χ3v) is 5.20. The second kappa shape index (κ2) is 10.7. The topological polar surface area (TPSA) is 84.9 Å². The van der Waals surface area contributed by atoms with Gasteiger partial charge in [0.2, 0.25) is 5.91 Å². The number of nitrogens with zero attached hydrogens (tertiary/aromatic N) is 1. The summed E-state index contributed by atoms with van der Waals surface area (Å²) in [5, 5.41) is 3.18. The first-order valence-corrected chi connectivity index (χ1v) is 10.5. The zero-order chi connectivity index (χ0) is 22.2. The van der Waals surface area contributed by atoms with E-state index in [4.69, 9.17) is 9.47 Å². The van der Waals surface area contributed by atoms with Crippen molar-refractivity contribution in [2.45, 2.75) is 38.6 Å². The predicted molar refractivity (Wildman–Crippen MR) is 117 cm³/mol. The van der Waals surface area contributed by atoms with Gasteiger partial charge >= 0.3 is 5.97 Å². The molecule has 0 radical (unpaired) electrons. The van der Waals surface area contributed by atoms with Crippen molar-refractivity contribution in [1.29, 1.82) is 0 Å². The fourth-order valence-electron chi connectivity index (χ4n) is 3.38. The lowest BCUT2D eigenvalue weighted by molar-refractivity contribution is -0.121. The van der Waals surface area contributed by atoms with Crippen LogP contribution in [0.4, 0.5) is 5.69 Å². The van der Waals surface area contributed by atoms with Gasteiger partial charge in [0.1, 0.15) is 5.75 Å². The predicted octanol–water partition coefficient (Wildman–Crippen LogP) is 3.12. The van der Waals surface area contributed by atoms with Crippen LogP contribution < -0.4 is 15.0 Å². The number of methoxy groups -OCH3 is 1. The Bertz CT molecular complexity index is 909. The number of hydrogen-bond acceptors (Lipinski definition) is 6. The van der Waals surface area contributed by atoms with Crippen LogP contribution in [-0.4, -0.2) is 44.1 Å². The van der Waals surface area contributed by atoms with Gasteiger partial charge in [0.15, 0.2) is 0 Å². The molecule has 7 nitrogen and oxygen atoms in total. The number of carbonyl (C=O) groups is 3. The van der Waals surface area contributed by atoms with Gasteiger partial charge in [-0.3, -0.25) is 9.59 Å². The molecule has 1 aliphatic rings. The molecule has 7 heteroatoms. The van der Waals surface area contributed by atoms with Crippen LogP contribution in [0.1, 0.15) is 42.1 Å². The van der Waals surface area contributed by atoms with E-state index in [1.807, 2.05) is 31.2 Å². The molecule has 1 heterocycles. The molecule has 1 N–H and O–H groups in total. The Balaban J connectivity index is 1.54. The van der Waals surface area contributed by atoms with Crippen LogP contribution in [0.15, 0.2) is 48.5 Å². The third kappa shape index (κ3) is 5.70. The number of amides is 2. The summed E-state index contributed by atoms with van der Waals surface area (Å²) < 4.78 is 10.3. The summed E-state index contributed by atoms with van der Waals surface area (Å²) >= 11 is 0. The van der Waals surface area contributed by atoms with Gasteiger partial charge in [0, 0.05) is 0 Å². The van der Waals surface area contributed by atoms with Crippen LogP contribution in [0.5, 0.6) is 5.75 Å². The van der Waals surface area contributed by atoms with Crippen LogP contribution in [0.2, 0.25) is 0 Å². The van der Waals surface area contributed by atoms with Crippen molar-refractivity contribution in [1.82, 2.24) is 5.32 Å². The van der Waals surface area contributed by atoms with Gasteiger partial charge in [-0.25, -0.2) is 9.69 Å². The highest BCUT2D eigenvalue weighted by Gasteiger charge is 2.39. The SMILES string of the molecule is CCCCOC(=O)c1ccc(N2C(=O)CC(NCCc3ccc(OC)cc3)C2=O)cc1. The van der Waals surface area contributed by atoms with E-state index in [-0.39, 0.29) is 18.2 Å². The molecule has 1 aliphatic heterocycles. The highest BCUT2D eigenvalue weighted by atomic mass is 16.5. The Hall–Kier alpha value is -3.19. The van der Waals surface area contributed by atoms with E-state index in [9.17, 15) is 14.4 Å². The van der Waals surface area contributed by atoms with E-state index in [0.717, 1.165) is 30.6 Å². The number of hydrogen-bond donors (Lipinski definition) is 1. The van der Waals surface area contributed by atoms with E-state index in [1.165, 1.54) is 4.90 Å². The quantitative estimate of drug-likeness (QED) is 0.358. The smallest absolute Gasteiger partial charge is 0.338 e. The van der Waals surface area contributed by atoms with Gasteiger partial charge < -0.3 is 14.8 Å². The van der Waals surface area contributed by atoms with Crippen LogP contribution >= 0.6 is 0 Å². The average molecular weight is 424 g/mol. The summed E-state index contributed by atoms with van der Waals surface area (Å²) in [6.45, 7) is 2.98. The second-order valence-corrected chi connectivity index (χ2v) is 7.41. The fraction of sp³-hybridized carbons (Fsp3) is 0.375. The minimum Gasteiger partial charge on any atom is -0.497 e. The highest BCUT2D eigenvalue weighted by Crippen LogP contribution is 2.23. The van der Waals surface area contributed by atoms with Crippen LogP contribution in [0.3, 0.4) is 0 Å². The lowest BCUT2D eigenvalue weighted by Gasteiger charge is -2.16. The number of benzene rings is 2. The number of unbranched alkanes of at least 4 members (excludes halogenated alkanes) is 1. The molecule has 164 valence electrons. The van der Waals surface area contributed by atoms with E-state index in [1.54, 1.807) is 31.4 Å². The van der Waals surface area contributed by atoms with E-state index in [2.05, 4.69) is 5.32 Å².